The van der Waals surface area contributed by atoms with Crippen LogP contribution >= 0.6 is 0 Å². The molecule has 0 bridgehead atoms. The second-order valence-corrected chi connectivity index (χ2v) is 15.1. The molecule has 0 N–H and O–H groups in total. The topological polar surface area (TPSA) is 35.5 Å². The first-order chi connectivity index (χ1) is 13.6. The first-order valence-electron chi connectivity index (χ1n) is 10.3. The molecule has 0 saturated carbocycles. The molecule has 3 nitrogen and oxygen atoms in total. The molecule has 1 unspecified atom stereocenters. The predicted molar refractivity (Wildman–Crippen MR) is 120 cm³/mol. The van der Waals surface area contributed by atoms with E-state index in [2.05, 4.69) is 46.0 Å². The Hall–Kier alpha value is -2.33. The summed E-state index contributed by atoms with van der Waals surface area (Å²) in [6, 6.07) is 12.2. The van der Waals surface area contributed by atoms with Gasteiger partial charge < -0.3 is 9.47 Å². The molecule has 0 saturated heterocycles. The zero-order valence-corrected chi connectivity index (χ0v) is 19.3. The average molecular weight is 407 g/mol. The number of methoxy groups -OCH3 is 1. The first-order valence-corrected chi connectivity index (χ1v) is 13.3. The molecule has 0 spiro atoms. The second kappa shape index (κ2) is 6.87. The van der Waals surface area contributed by atoms with Crippen LogP contribution in [0.25, 0.3) is 6.08 Å². The third-order valence-corrected chi connectivity index (χ3v) is 12.8. The molecule has 4 heteroatoms. The Bertz CT molecular complexity index is 997. The Kier molecular flexibility index (Phi) is 4.73. The van der Waals surface area contributed by atoms with Gasteiger partial charge in [0.1, 0.15) is 17.4 Å². The van der Waals surface area contributed by atoms with E-state index in [-0.39, 0.29) is 17.1 Å². The highest BCUT2D eigenvalue weighted by atomic mass is 28.3. The fourth-order valence-electron chi connectivity index (χ4n) is 4.28. The van der Waals surface area contributed by atoms with E-state index in [1.54, 1.807) is 7.11 Å². The van der Waals surface area contributed by atoms with Crippen LogP contribution in [0.1, 0.15) is 59.5 Å². The molecule has 1 aliphatic carbocycles. The summed E-state index contributed by atoms with van der Waals surface area (Å²) in [5, 5.41) is 1.79. The van der Waals surface area contributed by atoms with Crippen LogP contribution in [0.2, 0.25) is 18.1 Å². The van der Waals surface area contributed by atoms with Gasteiger partial charge >= 0.3 is 5.97 Å². The van der Waals surface area contributed by atoms with E-state index in [1.165, 1.54) is 10.8 Å². The number of esters is 1. The highest BCUT2D eigenvalue weighted by Gasteiger charge is 2.41. The van der Waals surface area contributed by atoms with Gasteiger partial charge in [0.15, 0.2) is 0 Å². The molecule has 4 rings (SSSR count). The van der Waals surface area contributed by atoms with Crippen molar-refractivity contribution < 1.29 is 14.3 Å². The minimum absolute atomic E-state index is 0.242. The lowest BCUT2D eigenvalue weighted by Gasteiger charge is -2.38. The highest BCUT2D eigenvalue weighted by Crippen LogP contribution is 2.48. The molecule has 0 fully saturated rings. The van der Waals surface area contributed by atoms with Crippen LogP contribution in [-0.4, -0.2) is 21.2 Å². The molecule has 2 aromatic carbocycles. The maximum Gasteiger partial charge on any atom is 0.342 e. The minimum atomic E-state index is -1.64. The number of hydrogen-bond acceptors (Lipinski definition) is 3. The summed E-state index contributed by atoms with van der Waals surface area (Å²) >= 11 is 0. The lowest BCUT2D eigenvalue weighted by Crippen LogP contribution is -2.39. The predicted octanol–water partition coefficient (Wildman–Crippen LogP) is 6.14. The second-order valence-electron chi connectivity index (χ2n) is 9.75. The maximum absolute atomic E-state index is 13.0. The van der Waals surface area contributed by atoms with E-state index in [9.17, 15) is 4.79 Å². The lowest BCUT2D eigenvalue weighted by atomic mass is 9.90. The molecule has 1 aliphatic heterocycles. The van der Waals surface area contributed by atoms with Crippen LogP contribution in [0.4, 0.5) is 0 Å². The molecular weight excluding hydrogens is 376 g/mol. The number of carbonyl (C=O) groups is 1. The van der Waals surface area contributed by atoms with Crippen molar-refractivity contribution >= 4 is 20.1 Å². The van der Waals surface area contributed by atoms with Crippen LogP contribution in [0.3, 0.4) is 0 Å². The molecular formula is C25H30O3Si. The number of carbonyl (C=O) groups excluding carboxylic acids is 1. The number of ether oxygens (including phenoxy) is 2. The van der Waals surface area contributed by atoms with Crippen LogP contribution in [-0.2, 0) is 17.6 Å². The summed E-state index contributed by atoms with van der Waals surface area (Å²) in [5.74, 6) is 0.400. The maximum atomic E-state index is 13.0. The Balaban J connectivity index is 1.77. The number of hydrogen-bond donors (Lipinski definition) is 0. The van der Waals surface area contributed by atoms with Crippen LogP contribution in [0, 0.1) is 0 Å². The smallest absolute Gasteiger partial charge is 0.342 e. The SMILES string of the molecule is COc1c2c(cc3c1C(=O)OC(c1ccccc1)C3)CC([Si](C)(C)C(C)(C)C)=C2. The van der Waals surface area contributed by atoms with Crippen LogP contribution in [0.5, 0.6) is 5.75 Å². The molecule has 1 heterocycles. The van der Waals surface area contributed by atoms with Crippen molar-refractivity contribution in [2.24, 2.45) is 0 Å². The van der Waals surface area contributed by atoms with Gasteiger partial charge in [-0.05, 0) is 28.1 Å². The van der Waals surface area contributed by atoms with Gasteiger partial charge in [-0.25, -0.2) is 4.79 Å². The number of cyclic esters (lactones) is 1. The fourth-order valence-corrected chi connectivity index (χ4v) is 6.39. The van der Waals surface area contributed by atoms with Crippen molar-refractivity contribution in [2.45, 2.75) is 57.8 Å². The number of fused-ring (bicyclic) bond motifs is 2. The molecule has 0 amide bonds. The molecule has 152 valence electrons. The minimum Gasteiger partial charge on any atom is -0.495 e. The Morgan fingerprint density at radius 3 is 2.41 bits per heavy atom. The Labute approximate surface area is 174 Å². The summed E-state index contributed by atoms with van der Waals surface area (Å²) in [6.07, 6.45) is 3.70. The van der Waals surface area contributed by atoms with E-state index in [1.807, 2.05) is 30.3 Å². The first kappa shape index (κ1) is 20.0. The molecule has 0 radical (unpaired) electrons. The van der Waals surface area contributed by atoms with Crippen molar-refractivity contribution in [3.8, 4) is 5.75 Å². The molecule has 1 atom stereocenters. The van der Waals surface area contributed by atoms with E-state index in [0.29, 0.717) is 17.7 Å². The third kappa shape index (κ3) is 3.23. The van der Waals surface area contributed by atoms with Gasteiger partial charge in [0.2, 0.25) is 0 Å². The van der Waals surface area contributed by atoms with Gasteiger partial charge in [0, 0.05) is 12.0 Å². The van der Waals surface area contributed by atoms with Gasteiger partial charge in [0.05, 0.1) is 15.2 Å². The van der Waals surface area contributed by atoms with E-state index in [4.69, 9.17) is 9.47 Å². The number of benzene rings is 2. The van der Waals surface area contributed by atoms with E-state index in [0.717, 1.165) is 23.1 Å². The van der Waals surface area contributed by atoms with Crippen LogP contribution < -0.4 is 4.74 Å². The summed E-state index contributed by atoms with van der Waals surface area (Å²) in [4.78, 5) is 13.0. The largest absolute Gasteiger partial charge is 0.495 e. The Morgan fingerprint density at radius 2 is 1.79 bits per heavy atom. The van der Waals surface area contributed by atoms with E-state index >= 15 is 0 Å². The average Bonchev–Trinajstić information content (AvgIpc) is 3.10. The normalized spacial score (nSPS) is 18.6. The summed E-state index contributed by atoms with van der Waals surface area (Å²) < 4.78 is 11.6. The standard InChI is InChI=1S/C25H30O3Si/c1-25(2,3)29(5,6)19-13-17-12-18-14-21(16-10-8-7-9-11-16)28-24(26)22(18)23(27-4)20(17)15-19/h7-12,15,21H,13-14H2,1-6H3. The van der Waals surface area contributed by atoms with Gasteiger partial charge in [-0.3, -0.25) is 0 Å². The molecule has 0 aromatic heterocycles. The van der Waals surface area contributed by atoms with Crippen molar-refractivity contribution in [3.05, 3.63) is 69.4 Å². The molecule has 29 heavy (non-hydrogen) atoms. The van der Waals surface area contributed by atoms with Crippen LogP contribution in [0.15, 0.2) is 41.6 Å². The highest BCUT2D eigenvalue weighted by molar-refractivity contribution is 6.87. The number of rotatable bonds is 3. The van der Waals surface area contributed by atoms with Crippen molar-refractivity contribution in [3.63, 3.8) is 0 Å². The zero-order valence-electron chi connectivity index (χ0n) is 18.3. The monoisotopic (exact) mass is 406 g/mol. The Morgan fingerprint density at radius 1 is 1.10 bits per heavy atom. The fraction of sp³-hybridized carbons (Fsp3) is 0.400. The van der Waals surface area contributed by atoms with Crippen molar-refractivity contribution in [2.75, 3.05) is 7.11 Å². The third-order valence-electron chi connectivity index (χ3n) is 7.10. The summed E-state index contributed by atoms with van der Waals surface area (Å²) in [6.45, 7) is 11.9. The van der Waals surface area contributed by atoms with E-state index < -0.39 is 8.07 Å². The summed E-state index contributed by atoms with van der Waals surface area (Å²) in [5.41, 5.74) is 5.02. The zero-order chi connectivity index (χ0) is 21.0. The van der Waals surface area contributed by atoms with Gasteiger partial charge in [-0.1, -0.05) is 81.5 Å². The molecule has 2 aliphatic rings. The quantitative estimate of drug-likeness (QED) is 0.454. The molecule has 2 aromatic rings. The summed E-state index contributed by atoms with van der Waals surface area (Å²) in [7, 11) is 0.0187. The van der Waals surface area contributed by atoms with Gasteiger partial charge in [-0.2, -0.15) is 0 Å². The van der Waals surface area contributed by atoms with Crippen molar-refractivity contribution in [1.29, 1.82) is 0 Å². The van der Waals surface area contributed by atoms with Gasteiger partial charge in [-0.15, -0.1) is 0 Å². The van der Waals surface area contributed by atoms with Crippen molar-refractivity contribution in [1.82, 2.24) is 0 Å². The lowest BCUT2D eigenvalue weighted by molar-refractivity contribution is 0.0248. The number of allylic oxidation sites excluding steroid dienone is 1. The van der Waals surface area contributed by atoms with Gasteiger partial charge in [0.25, 0.3) is 0 Å².